The molecule has 0 bridgehead atoms. The summed E-state index contributed by atoms with van der Waals surface area (Å²) in [5.74, 6) is 0.737. The van der Waals surface area contributed by atoms with Gasteiger partial charge in [-0.15, -0.1) is 0 Å². The first-order valence-corrected chi connectivity index (χ1v) is 6.75. The molecule has 0 atom stereocenters. The standard InChI is InChI=1S/C16H13NO2.Al/c18-10-11-4-6-12(7-5-11)13-8-9-17-16-14(13)2-1-3-15(16)19;/h1-9,18-19H,10H2;/q;+1/p-1. The third-order valence-corrected chi connectivity index (χ3v) is 3.56. The molecule has 0 unspecified atom stereocenters. The van der Waals surface area contributed by atoms with Crippen LogP contribution in [0.25, 0.3) is 22.0 Å². The number of hydrogen-bond acceptors (Lipinski definition) is 3. The van der Waals surface area contributed by atoms with Gasteiger partial charge in [0, 0.05) is 11.6 Å². The van der Waals surface area contributed by atoms with Gasteiger partial charge in [-0.3, -0.25) is 4.98 Å². The van der Waals surface area contributed by atoms with Crippen LogP contribution >= 0.6 is 0 Å². The van der Waals surface area contributed by atoms with Crippen LogP contribution in [0.15, 0.2) is 54.7 Å². The highest BCUT2D eigenvalue weighted by Gasteiger charge is 2.07. The summed E-state index contributed by atoms with van der Waals surface area (Å²) < 4.78 is 5.28. The van der Waals surface area contributed by atoms with E-state index in [1.54, 1.807) is 6.20 Å². The Labute approximate surface area is 125 Å². The summed E-state index contributed by atoms with van der Waals surface area (Å²) in [5, 5.41) is 10.2. The third kappa shape index (κ3) is 2.30. The van der Waals surface area contributed by atoms with Crippen molar-refractivity contribution in [1.29, 1.82) is 0 Å². The summed E-state index contributed by atoms with van der Waals surface area (Å²) in [6.45, 7) is 0.0580. The molecule has 0 spiro atoms. The maximum Gasteiger partial charge on any atom is 0.482 e. The van der Waals surface area contributed by atoms with E-state index in [4.69, 9.17) is 8.90 Å². The monoisotopic (exact) mass is 277 g/mol. The van der Waals surface area contributed by atoms with Gasteiger partial charge in [0.25, 0.3) is 0 Å². The number of para-hydroxylation sites is 1. The number of hydrogen-bond donors (Lipinski definition) is 1. The van der Waals surface area contributed by atoms with E-state index < -0.39 is 0 Å². The average Bonchev–Trinajstić information content (AvgIpc) is 2.54. The maximum absolute atomic E-state index is 9.11. The number of fused-ring (bicyclic) bond motifs is 1. The fraction of sp³-hybridized carbons (Fsp3) is 0.0625. The lowest BCUT2D eigenvalue weighted by atomic mass is 10.00. The van der Waals surface area contributed by atoms with Crippen LogP contribution in [0.3, 0.4) is 0 Å². The van der Waals surface area contributed by atoms with Gasteiger partial charge in [0.05, 0.1) is 6.61 Å². The number of nitrogens with zero attached hydrogens (tertiary/aromatic N) is 1. The first-order valence-electron chi connectivity index (χ1n) is 6.28. The number of rotatable bonds is 3. The van der Waals surface area contributed by atoms with Gasteiger partial charge in [-0.05, 0) is 28.8 Å². The number of aliphatic hydroxyl groups excluding tert-OH is 1. The second-order valence-corrected chi connectivity index (χ2v) is 4.72. The van der Waals surface area contributed by atoms with E-state index in [1.165, 1.54) is 0 Å². The summed E-state index contributed by atoms with van der Waals surface area (Å²) in [7, 11) is 0. The highest BCUT2D eigenvalue weighted by Crippen LogP contribution is 2.31. The van der Waals surface area contributed by atoms with Crippen molar-refractivity contribution in [2.45, 2.75) is 6.61 Å². The normalized spacial score (nSPS) is 10.7. The van der Waals surface area contributed by atoms with Gasteiger partial charge < -0.3 is 8.90 Å². The molecule has 3 rings (SSSR count). The molecule has 3 nitrogen and oxygen atoms in total. The van der Waals surface area contributed by atoms with Gasteiger partial charge in [-0.2, -0.15) is 0 Å². The molecule has 96 valence electrons. The van der Waals surface area contributed by atoms with Crippen molar-refractivity contribution in [1.82, 2.24) is 4.98 Å². The molecule has 0 aliphatic rings. The van der Waals surface area contributed by atoms with Crippen molar-refractivity contribution in [2.75, 3.05) is 0 Å². The molecule has 1 N–H and O–H groups in total. The third-order valence-electron chi connectivity index (χ3n) is 3.31. The van der Waals surface area contributed by atoms with Gasteiger partial charge in [-0.1, -0.05) is 36.4 Å². The number of benzene rings is 2. The van der Waals surface area contributed by atoms with Crippen LogP contribution in [0, 0.1) is 0 Å². The van der Waals surface area contributed by atoms with Gasteiger partial charge >= 0.3 is 16.6 Å². The fourth-order valence-electron chi connectivity index (χ4n) is 2.29. The number of aliphatic hydroxyl groups is 1. The Morgan fingerprint density at radius 2 is 1.85 bits per heavy atom. The van der Waals surface area contributed by atoms with E-state index >= 15 is 0 Å². The largest absolute Gasteiger partial charge is 0.652 e. The molecule has 0 amide bonds. The van der Waals surface area contributed by atoms with Crippen molar-refractivity contribution in [3.63, 3.8) is 0 Å². The van der Waals surface area contributed by atoms with Crippen molar-refractivity contribution in [3.05, 3.63) is 60.3 Å². The molecule has 0 saturated heterocycles. The van der Waals surface area contributed by atoms with Crippen molar-refractivity contribution < 1.29 is 8.90 Å². The van der Waals surface area contributed by atoms with Gasteiger partial charge in [0.15, 0.2) is 0 Å². The molecule has 2 radical (unpaired) electrons. The average molecular weight is 277 g/mol. The first-order chi connectivity index (χ1) is 9.83. The molecule has 1 heterocycles. The fourth-order valence-corrected chi connectivity index (χ4v) is 2.48. The van der Waals surface area contributed by atoms with Crippen LogP contribution in [-0.2, 0) is 6.61 Å². The number of pyridine rings is 1. The Balaban J connectivity index is 2.20. The lowest BCUT2D eigenvalue weighted by Gasteiger charge is -2.10. The van der Waals surface area contributed by atoms with Crippen molar-refractivity contribution >= 4 is 27.5 Å². The zero-order chi connectivity index (χ0) is 13.9. The van der Waals surface area contributed by atoms with Crippen LogP contribution in [-0.4, -0.2) is 26.7 Å². The summed E-state index contributed by atoms with van der Waals surface area (Å²) in [6.07, 6.45) is 1.78. The van der Waals surface area contributed by atoms with E-state index in [0.717, 1.165) is 33.3 Å². The second kappa shape index (κ2) is 5.64. The molecule has 20 heavy (non-hydrogen) atoms. The summed E-state index contributed by atoms with van der Waals surface area (Å²) in [5.41, 5.74) is 3.94. The molecule has 0 aliphatic heterocycles. The Bertz CT molecular complexity index is 741. The van der Waals surface area contributed by atoms with Crippen molar-refractivity contribution in [3.8, 4) is 16.9 Å². The van der Waals surface area contributed by atoms with Crippen LogP contribution in [0.4, 0.5) is 0 Å². The molecular weight excluding hydrogens is 265 g/mol. The lowest BCUT2D eigenvalue weighted by Crippen LogP contribution is -1.91. The Kier molecular flexibility index (Phi) is 3.71. The molecular formula is C16H12AlNO2. The highest BCUT2D eigenvalue weighted by molar-refractivity contribution is 6.03. The lowest BCUT2D eigenvalue weighted by molar-refractivity contribution is 0.282. The van der Waals surface area contributed by atoms with Crippen LogP contribution in [0.5, 0.6) is 5.75 Å². The first kappa shape index (κ1) is 13.1. The predicted octanol–water partition coefficient (Wildman–Crippen LogP) is 2.86. The maximum atomic E-state index is 9.11. The predicted molar refractivity (Wildman–Crippen MR) is 79.5 cm³/mol. The molecule has 2 aromatic carbocycles. The second-order valence-electron chi connectivity index (χ2n) is 4.48. The summed E-state index contributed by atoms with van der Waals surface area (Å²) in [6, 6.07) is 15.7. The molecule has 0 fully saturated rings. The van der Waals surface area contributed by atoms with Crippen LogP contribution in [0.1, 0.15) is 5.56 Å². The molecule has 0 saturated carbocycles. The van der Waals surface area contributed by atoms with Crippen LogP contribution < -0.4 is 3.79 Å². The minimum Gasteiger partial charge on any atom is -0.652 e. The Hall–Kier alpha value is -1.86. The molecule has 4 heteroatoms. The number of aromatic nitrogens is 1. The zero-order valence-electron chi connectivity index (χ0n) is 10.8. The Morgan fingerprint density at radius 1 is 1.05 bits per heavy atom. The minimum absolute atomic E-state index is 0.0580. The quantitative estimate of drug-likeness (QED) is 0.748. The van der Waals surface area contributed by atoms with E-state index in [9.17, 15) is 0 Å². The van der Waals surface area contributed by atoms with Crippen molar-refractivity contribution in [2.24, 2.45) is 0 Å². The smallest absolute Gasteiger partial charge is 0.482 e. The molecule has 3 aromatic rings. The SMILES string of the molecule is OCc1ccc(-c2ccnc3c([O][Al])cccc23)cc1. The van der Waals surface area contributed by atoms with E-state index in [-0.39, 0.29) is 6.61 Å². The van der Waals surface area contributed by atoms with E-state index in [1.807, 2.05) is 48.5 Å². The van der Waals surface area contributed by atoms with Crippen LogP contribution in [0.2, 0.25) is 0 Å². The highest BCUT2D eigenvalue weighted by atomic mass is 27.1. The van der Waals surface area contributed by atoms with E-state index in [2.05, 4.69) is 21.6 Å². The summed E-state index contributed by atoms with van der Waals surface area (Å²) >= 11 is 2.26. The van der Waals surface area contributed by atoms with E-state index in [0.29, 0.717) is 0 Å². The molecule has 1 aromatic heterocycles. The van der Waals surface area contributed by atoms with Gasteiger partial charge in [0.2, 0.25) is 0 Å². The van der Waals surface area contributed by atoms with Gasteiger partial charge in [-0.25, -0.2) is 0 Å². The summed E-state index contributed by atoms with van der Waals surface area (Å²) in [4.78, 5) is 4.39. The zero-order valence-corrected chi connectivity index (χ0v) is 11.9. The Morgan fingerprint density at radius 3 is 2.55 bits per heavy atom. The molecule has 0 aliphatic carbocycles. The van der Waals surface area contributed by atoms with Gasteiger partial charge in [0.1, 0.15) is 11.3 Å². The minimum atomic E-state index is 0.0580. The topological polar surface area (TPSA) is 42.4 Å².